The molecule has 2 aromatic carbocycles. The van der Waals surface area contributed by atoms with Crippen molar-refractivity contribution < 1.29 is 33.8 Å². The Kier molecular flexibility index (Phi) is 22.2. The molecule has 1 aliphatic rings. The second-order valence-corrected chi connectivity index (χ2v) is 10.5. The van der Waals surface area contributed by atoms with Gasteiger partial charge in [-0.1, -0.05) is 56.0 Å². The number of carbonyl (C=O) groups excluding carboxylic acids is 4. The van der Waals surface area contributed by atoms with E-state index in [2.05, 4.69) is 49.4 Å². The smallest absolute Gasteiger partial charge is 0.407 e. The molecule has 0 heterocycles. The quantitative estimate of drug-likeness (QED) is 0.107. The molecular formula is C33H55N9O7. The summed E-state index contributed by atoms with van der Waals surface area (Å²) in [4.78, 5) is 56.1. The fourth-order valence-corrected chi connectivity index (χ4v) is 4.67. The lowest BCUT2D eigenvalue weighted by Gasteiger charge is -2.17. The summed E-state index contributed by atoms with van der Waals surface area (Å²) in [7, 11) is 8.18. The number of hydrogen-bond donors (Lipinski definition) is 10. The molecule has 1 aliphatic carbocycles. The highest BCUT2D eigenvalue weighted by atomic mass is 16.5. The molecule has 4 amide bonds. The number of rotatable bonds is 15. The van der Waals surface area contributed by atoms with Crippen molar-refractivity contribution in [2.45, 2.75) is 37.9 Å². The van der Waals surface area contributed by atoms with Gasteiger partial charge in [0.05, 0.1) is 6.04 Å². The molecule has 0 spiro atoms. The molecule has 0 saturated carbocycles. The maximum absolute atomic E-state index is 12.0. The van der Waals surface area contributed by atoms with Crippen molar-refractivity contribution in [2.24, 2.45) is 11.5 Å². The van der Waals surface area contributed by atoms with Crippen LogP contribution in [0.15, 0.2) is 48.5 Å². The highest BCUT2D eigenvalue weighted by Gasteiger charge is 2.29. The average molecular weight is 690 g/mol. The van der Waals surface area contributed by atoms with Crippen molar-refractivity contribution >= 4 is 29.8 Å². The van der Waals surface area contributed by atoms with Gasteiger partial charge in [-0.3, -0.25) is 14.4 Å². The third-order valence-corrected chi connectivity index (χ3v) is 7.03. The van der Waals surface area contributed by atoms with Crippen LogP contribution in [0.25, 0.3) is 11.1 Å². The molecule has 16 heteroatoms. The number of amides is 4. The van der Waals surface area contributed by atoms with E-state index in [0.29, 0.717) is 13.1 Å². The number of nitrogens with two attached hydrogens (primary N) is 2. The van der Waals surface area contributed by atoms with Crippen molar-refractivity contribution in [3.05, 3.63) is 59.7 Å². The van der Waals surface area contributed by atoms with Gasteiger partial charge < -0.3 is 58.5 Å². The van der Waals surface area contributed by atoms with Crippen LogP contribution in [0.1, 0.15) is 30.9 Å². The maximum atomic E-state index is 12.0. The zero-order valence-corrected chi connectivity index (χ0v) is 28.2. The van der Waals surface area contributed by atoms with Crippen molar-refractivity contribution in [2.75, 3.05) is 68.0 Å². The van der Waals surface area contributed by atoms with E-state index in [-0.39, 0.29) is 57.2 Å². The SMILES string of the molecule is C.CNCC(N)C(=O)NC.CNCC(NC(=O)CCN)C(=O)NC.CNC[C@H](NC(=O)OCC1c2ccccc2-c2ccccc21)C(=O)O. The average Bonchev–Trinajstić information content (AvgIpc) is 3.40. The number of ether oxygens (including phenoxy) is 1. The zero-order chi connectivity index (χ0) is 36.1. The Morgan fingerprint density at radius 3 is 1.69 bits per heavy atom. The minimum Gasteiger partial charge on any atom is -0.480 e. The van der Waals surface area contributed by atoms with E-state index < -0.39 is 30.2 Å². The maximum Gasteiger partial charge on any atom is 0.407 e. The number of carboxylic acid groups (broad SMARTS) is 1. The van der Waals surface area contributed by atoms with Crippen LogP contribution in [0.5, 0.6) is 0 Å². The third-order valence-electron chi connectivity index (χ3n) is 7.03. The van der Waals surface area contributed by atoms with Gasteiger partial charge in [0.2, 0.25) is 17.7 Å². The van der Waals surface area contributed by atoms with E-state index >= 15 is 0 Å². The number of benzene rings is 2. The number of likely N-dealkylation sites (N-methyl/N-ethyl adjacent to an activating group) is 5. The molecule has 3 rings (SSSR count). The molecule has 12 N–H and O–H groups in total. The van der Waals surface area contributed by atoms with Gasteiger partial charge in [0, 0.05) is 52.6 Å². The second kappa shape index (κ2) is 24.5. The Labute approximate surface area is 288 Å². The largest absolute Gasteiger partial charge is 0.480 e. The predicted octanol–water partition coefficient (Wildman–Crippen LogP) is -1.10. The van der Waals surface area contributed by atoms with Crippen LogP contribution < -0.4 is 48.7 Å². The molecular weight excluding hydrogens is 634 g/mol. The first-order valence-corrected chi connectivity index (χ1v) is 15.5. The van der Waals surface area contributed by atoms with Crippen LogP contribution in [0.2, 0.25) is 0 Å². The summed E-state index contributed by atoms with van der Waals surface area (Å²) in [5, 5.41) is 27.3. The molecule has 49 heavy (non-hydrogen) atoms. The van der Waals surface area contributed by atoms with Gasteiger partial charge in [-0.15, -0.1) is 0 Å². The lowest BCUT2D eigenvalue weighted by atomic mass is 9.98. The Morgan fingerprint density at radius 1 is 0.755 bits per heavy atom. The van der Waals surface area contributed by atoms with Gasteiger partial charge in [0.25, 0.3) is 0 Å². The zero-order valence-electron chi connectivity index (χ0n) is 28.2. The second-order valence-electron chi connectivity index (χ2n) is 10.5. The number of carbonyl (C=O) groups is 5. The molecule has 16 nitrogen and oxygen atoms in total. The summed E-state index contributed by atoms with van der Waals surface area (Å²) < 4.78 is 5.33. The highest BCUT2D eigenvalue weighted by Crippen LogP contribution is 2.44. The minimum atomic E-state index is -1.11. The standard InChI is InChI=1S/C19H20N2O4.C8H18N4O2.C5H13N3O.CH4/c1-20-10-17(18(22)23)21-19(24)25-11-16-14-8-4-2-6-12(14)13-7-3-5-9-15(13)16;1-10-5-6(8(14)11-2)12-7(13)3-4-9;1-7-3-4(6)5(9)8-2;/h2-9,16-17,20H,10-11H2,1H3,(H,21,24)(H,22,23);6,10H,3-5,9H2,1-2H3,(H,11,14)(H,12,13);4,7H,3,6H2,1-2H3,(H,8,9);1H4/t17-;;;/m0.../s1. The number of fused-ring (bicyclic) bond motifs is 3. The predicted molar refractivity (Wildman–Crippen MR) is 190 cm³/mol. The first-order chi connectivity index (χ1) is 23.0. The van der Waals surface area contributed by atoms with E-state index in [1.807, 2.05) is 36.4 Å². The third kappa shape index (κ3) is 15.0. The van der Waals surface area contributed by atoms with E-state index in [0.717, 1.165) is 22.3 Å². The summed E-state index contributed by atoms with van der Waals surface area (Å²) in [5.74, 6) is -1.72. The van der Waals surface area contributed by atoms with Crippen LogP contribution in [0, 0.1) is 0 Å². The fourth-order valence-electron chi connectivity index (χ4n) is 4.67. The topological polar surface area (TPSA) is 251 Å². The van der Waals surface area contributed by atoms with Crippen molar-refractivity contribution in [3.63, 3.8) is 0 Å². The number of nitrogens with one attached hydrogen (secondary N) is 7. The van der Waals surface area contributed by atoms with Crippen LogP contribution in [0.4, 0.5) is 4.79 Å². The summed E-state index contributed by atoms with van der Waals surface area (Å²) in [6.07, 6.45) is -0.499. The van der Waals surface area contributed by atoms with E-state index in [9.17, 15) is 24.0 Å². The van der Waals surface area contributed by atoms with Crippen molar-refractivity contribution in [1.82, 2.24) is 37.2 Å². The van der Waals surface area contributed by atoms with Gasteiger partial charge in [0.1, 0.15) is 18.7 Å². The van der Waals surface area contributed by atoms with Crippen LogP contribution >= 0.6 is 0 Å². The Balaban J connectivity index is 0.000000814. The lowest BCUT2D eigenvalue weighted by molar-refractivity contribution is -0.139. The summed E-state index contributed by atoms with van der Waals surface area (Å²) in [6.45, 7) is 1.48. The molecule has 0 bridgehead atoms. The van der Waals surface area contributed by atoms with Gasteiger partial charge in [-0.25, -0.2) is 9.59 Å². The number of alkyl carbamates (subject to hydrolysis) is 1. The number of hydrogen-bond acceptors (Lipinski definition) is 11. The van der Waals surface area contributed by atoms with Crippen LogP contribution in [0.3, 0.4) is 0 Å². The Bertz CT molecular complexity index is 1280. The summed E-state index contributed by atoms with van der Waals surface area (Å²) in [6, 6.07) is 14.1. The first-order valence-electron chi connectivity index (χ1n) is 15.5. The molecule has 0 radical (unpaired) electrons. The molecule has 0 saturated heterocycles. The highest BCUT2D eigenvalue weighted by molar-refractivity contribution is 5.87. The Morgan fingerprint density at radius 2 is 1.24 bits per heavy atom. The number of aliphatic carboxylic acids is 1. The van der Waals surface area contributed by atoms with Gasteiger partial charge in [-0.2, -0.15) is 0 Å². The van der Waals surface area contributed by atoms with Crippen LogP contribution in [-0.2, 0) is 23.9 Å². The number of carboxylic acids is 1. The lowest BCUT2D eigenvalue weighted by Crippen LogP contribution is -2.50. The Hall–Kier alpha value is -4.61. The molecule has 2 aromatic rings. The molecule has 0 aliphatic heterocycles. The normalized spacial score (nSPS) is 12.7. The molecule has 2 unspecified atom stereocenters. The molecule has 0 fully saturated rings. The van der Waals surface area contributed by atoms with Gasteiger partial charge >= 0.3 is 12.1 Å². The van der Waals surface area contributed by atoms with Crippen molar-refractivity contribution in [3.8, 4) is 11.1 Å². The van der Waals surface area contributed by atoms with Crippen molar-refractivity contribution in [1.29, 1.82) is 0 Å². The fraction of sp³-hybridized carbons (Fsp3) is 0.485. The van der Waals surface area contributed by atoms with E-state index in [1.165, 1.54) is 7.05 Å². The van der Waals surface area contributed by atoms with E-state index in [1.54, 1.807) is 28.2 Å². The molecule has 3 atom stereocenters. The summed E-state index contributed by atoms with van der Waals surface area (Å²) in [5.41, 5.74) is 15.1. The minimum absolute atomic E-state index is 0. The monoisotopic (exact) mass is 689 g/mol. The van der Waals surface area contributed by atoms with Gasteiger partial charge in [0.15, 0.2) is 0 Å². The van der Waals surface area contributed by atoms with Gasteiger partial charge in [-0.05, 0) is 43.4 Å². The first kappa shape index (κ1) is 44.4. The van der Waals surface area contributed by atoms with E-state index in [4.69, 9.17) is 21.3 Å². The van der Waals surface area contributed by atoms with Crippen LogP contribution in [-0.4, -0.2) is 121 Å². The molecule has 0 aromatic heterocycles. The summed E-state index contributed by atoms with van der Waals surface area (Å²) >= 11 is 0. The molecule has 274 valence electrons.